The van der Waals surface area contributed by atoms with E-state index in [4.69, 9.17) is 0 Å². The maximum Gasteiger partial charge on any atom is 0.123 e. The summed E-state index contributed by atoms with van der Waals surface area (Å²) in [5.41, 5.74) is 3.22. The van der Waals surface area contributed by atoms with Crippen molar-refractivity contribution in [1.29, 1.82) is 0 Å². The third-order valence-electron chi connectivity index (χ3n) is 2.57. The van der Waals surface area contributed by atoms with Crippen LogP contribution in [0.25, 0.3) is 11.4 Å². The second-order valence-electron chi connectivity index (χ2n) is 3.67. The molecule has 16 heavy (non-hydrogen) atoms. The summed E-state index contributed by atoms with van der Waals surface area (Å²) < 4.78 is 3.00. The quantitative estimate of drug-likeness (QED) is 0.900. The Morgan fingerprint density at radius 3 is 3.00 bits per heavy atom. The molecule has 2 aromatic rings. The van der Waals surface area contributed by atoms with Crippen LogP contribution in [0.1, 0.15) is 5.69 Å². The van der Waals surface area contributed by atoms with Gasteiger partial charge in [0.05, 0.1) is 15.9 Å². The smallest absolute Gasteiger partial charge is 0.123 e. The lowest BCUT2D eigenvalue weighted by Crippen LogP contribution is -2.12. The van der Waals surface area contributed by atoms with Gasteiger partial charge in [-0.1, -0.05) is 0 Å². The monoisotopic (exact) mass is 282 g/mol. The van der Waals surface area contributed by atoms with Crippen molar-refractivity contribution in [3.63, 3.8) is 0 Å². The van der Waals surface area contributed by atoms with Crippen LogP contribution >= 0.6 is 15.9 Å². The van der Waals surface area contributed by atoms with Crippen molar-refractivity contribution in [2.24, 2.45) is 7.05 Å². The minimum absolute atomic E-state index is 0.947. The third-order valence-corrected chi connectivity index (χ3v) is 3.40. The van der Waals surface area contributed by atoms with Gasteiger partial charge in [0, 0.05) is 26.2 Å². The summed E-state index contributed by atoms with van der Waals surface area (Å²) in [4.78, 5) is 3.17. The molecule has 0 amide bonds. The predicted molar refractivity (Wildman–Crippen MR) is 68.3 cm³/mol. The van der Waals surface area contributed by atoms with Gasteiger partial charge >= 0.3 is 0 Å². The number of hydrogen-bond acceptors (Lipinski definition) is 2. The summed E-state index contributed by atoms with van der Waals surface area (Å²) in [5, 5.41) is 7.66. The number of H-pyrrole nitrogens is 1. The van der Waals surface area contributed by atoms with E-state index in [-0.39, 0.29) is 0 Å². The molecular weight excluding hydrogens is 268 g/mol. The zero-order valence-corrected chi connectivity index (χ0v) is 11.0. The van der Waals surface area contributed by atoms with Gasteiger partial charge in [-0.15, -0.1) is 0 Å². The summed E-state index contributed by atoms with van der Waals surface area (Å²) in [7, 11) is 3.93. The molecule has 0 radical (unpaired) electrons. The van der Waals surface area contributed by atoms with E-state index in [0.717, 1.165) is 28.8 Å². The molecule has 2 N–H and O–H groups in total. The molecular formula is C11H15BrN4. The molecule has 0 aromatic carbocycles. The Morgan fingerprint density at radius 1 is 1.56 bits per heavy atom. The summed E-state index contributed by atoms with van der Waals surface area (Å²) in [5.74, 6) is 0. The van der Waals surface area contributed by atoms with Crippen molar-refractivity contribution >= 4 is 15.9 Å². The lowest BCUT2D eigenvalue weighted by Gasteiger charge is -2.01. The highest BCUT2D eigenvalue weighted by Gasteiger charge is 2.15. The molecule has 0 saturated carbocycles. The van der Waals surface area contributed by atoms with Gasteiger partial charge in [-0.05, 0) is 35.1 Å². The maximum absolute atomic E-state index is 4.52. The van der Waals surface area contributed by atoms with Crippen LogP contribution in [-0.4, -0.2) is 28.4 Å². The molecule has 0 spiro atoms. The zero-order valence-electron chi connectivity index (χ0n) is 9.42. The molecule has 0 aliphatic carbocycles. The van der Waals surface area contributed by atoms with E-state index in [2.05, 4.69) is 31.3 Å². The van der Waals surface area contributed by atoms with Gasteiger partial charge in [-0.3, -0.25) is 4.68 Å². The first-order valence-electron chi connectivity index (χ1n) is 5.23. The molecule has 0 aliphatic rings. The molecule has 5 heteroatoms. The Balaban J connectivity index is 2.35. The molecule has 0 unspecified atom stereocenters. The Morgan fingerprint density at radius 2 is 2.38 bits per heavy atom. The highest BCUT2D eigenvalue weighted by Crippen LogP contribution is 2.29. The molecule has 0 bridgehead atoms. The number of aromatic amines is 1. The Kier molecular flexibility index (Phi) is 3.46. The first kappa shape index (κ1) is 11.4. The topological polar surface area (TPSA) is 45.6 Å². The van der Waals surface area contributed by atoms with Gasteiger partial charge < -0.3 is 10.3 Å². The lowest BCUT2D eigenvalue weighted by atomic mass is 10.2. The SMILES string of the molecule is CNCCc1c(Br)c(-c2ccc[nH]2)nn1C. The zero-order chi connectivity index (χ0) is 11.5. The van der Waals surface area contributed by atoms with E-state index < -0.39 is 0 Å². The molecule has 0 aliphatic heterocycles. The second-order valence-corrected chi connectivity index (χ2v) is 4.46. The van der Waals surface area contributed by atoms with E-state index in [1.165, 1.54) is 5.69 Å². The highest BCUT2D eigenvalue weighted by molar-refractivity contribution is 9.10. The largest absolute Gasteiger partial charge is 0.360 e. The number of hydrogen-bond donors (Lipinski definition) is 2. The molecule has 2 rings (SSSR count). The second kappa shape index (κ2) is 4.84. The Hall–Kier alpha value is -1.07. The van der Waals surface area contributed by atoms with E-state index in [0.29, 0.717) is 0 Å². The fourth-order valence-electron chi connectivity index (χ4n) is 1.70. The normalized spacial score (nSPS) is 10.9. The number of rotatable bonds is 4. The van der Waals surface area contributed by atoms with Crippen molar-refractivity contribution in [1.82, 2.24) is 20.1 Å². The van der Waals surface area contributed by atoms with Gasteiger partial charge in [0.1, 0.15) is 5.69 Å². The first-order chi connectivity index (χ1) is 7.74. The standard InChI is InChI=1S/C11H15BrN4/c1-13-7-5-9-10(12)11(15-16(9)2)8-4-3-6-14-8/h3-4,6,13-14H,5,7H2,1-2H3. The summed E-state index contributed by atoms with van der Waals surface area (Å²) >= 11 is 3.62. The molecule has 0 fully saturated rings. The van der Waals surface area contributed by atoms with Crippen molar-refractivity contribution in [3.05, 3.63) is 28.5 Å². The number of likely N-dealkylation sites (N-methyl/N-ethyl adjacent to an activating group) is 1. The van der Waals surface area contributed by atoms with Crippen molar-refractivity contribution in [2.45, 2.75) is 6.42 Å². The average Bonchev–Trinajstić information content (AvgIpc) is 2.86. The molecule has 0 atom stereocenters. The van der Waals surface area contributed by atoms with E-state index >= 15 is 0 Å². The van der Waals surface area contributed by atoms with Crippen LogP contribution in [-0.2, 0) is 13.5 Å². The Bertz CT molecular complexity index is 459. The molecule has 0 saturated heterocycles. The van der Waals surface area contributed by atoms with Crippen molar-refractivity contribution < 1.29 is 0 Å². The van der Waals surface area contributed by atoms with Crippen LogP contribution in [0, 0.1) is 0 Å². The van der Waals surface area contributed by atoms with Gasteiger partial charge in [0.15, 0.2) is 0 Å². The number of aryl methyl sites for hydroxylation is 1. The minimum Gasteiger partial charge on any atom is -0.360 e. The molecule has 2 heterocycles. The first-order valence-corrected chi connectivity index (χ1v) is 6.03. The fourth-order valence-corrected chi connectivity index (χ4v) is 2.45. The van der Waals surface area contributed by atoms with Crippen LogP contribution in [0.3, 0.4) is 0 Å². The summed E-state index contributed by atoms with van der Waals surface area (Å²) in [6.45, 7) is 0.947. The highest BCUT2D eigenvalue weighted by atomic mass is 79.9. The van der Waals surface area contributed by atoms with E-state index in [9.17, 15) is 0 Å². The number of halogens is 1. The fraction of sp³-hybridized carbons (Fsp3) is 0.364. The van der Waals surface area contributed by atoms with Crippen molar-refractivity contribution in [3.8, 4) is 11.4 Å². The van der Waals surface area contributed by atoms with Gasteiger partial charge in [-0.2, -0.15) is 5.10 Å². The molecule has 2 aromatic heterocycles. The number of nitrogens with zero attached hydrogens (tertiary/aromatic N) is 2. The van der Waals surface area contributed by atoms with Crippen LogP contribution < -0.4 is 5.32 Å². The maximum atomic E-state index is 4.52. The number of aromatic nitrogens is 3. The van der Waals surface area contributed by atoms with Crippen LogP contribution in [0.4, 0.5) is 0 Å². The van der Waals surface area contributed by atoms with Crippen molar-refractivity contribution in [2.75, 3.05) is 13.6 Å². The van der Waals surface area contributed by atoms with E-state index in [1.54, 1.807) is 0 Å². The molecule has 4 nitrogen and oxygen atoms in total. The third kappa shape index (κ3) is 2.05. The van der Waals surface area contributed by atoms with E-state index in [1.807, 2.05) is 37.1 Å². The average molecular weight is 283 g/mol. The van der Waals surface area contributed by atoms with Crippen LogP contribution in [0.5, 0.6) is 0 Å². The van der Waals surface area contributed by atoms with Gasteiger partial charge in [0.25, 0.3) is 0 Å². The van der Waals surface area contributed by atoms with Gasteiger partial charge in [0.2, 0.25) is 0 Å². The van der Waals surface area contributed by atoms with Gasteiger partial charge in [-0.25, -0.2) is 0 Å². The summed E-state index contributed by atoms with van der Waals surface area (Å²) in [6, 6.07) is 4.00. The molecule has 86 valence electrons. The van der Waals surface area contributed by atoms with Crippen LogP contribution in [0.15, 0.2) is 22.8 Å². The lowest BCUT2D eigenvalue weighted by molar-refractivity contribution is 0.681. The minimum atomic E-state index is 0.947. The number of nitrogens with one attached hydrogen (secondary N) is 2. The predicted octanol–water partition coefficient (Wildman–Crippen LogP) is 1.94. The Labute approximate surface area is 103 Å². The summed E-state index contributed by atoms with van der Waals surface area (Å²) in [6.07, 6.45) is 2.87. The van der Waals surface area contributed by atoms with Crippen LogP contribution in [0.2, 0.25) is 0 Å².